The summed E-state index contributed by atoms with van der Waals surface area (Å²) in [6.07, 6.45) is 2.83. The molecule has 0 unspecified atom stereocenters. The van der Waals surface area contributed by atoms with Crippen LogP contribution in [0.3, 0.4) is 0 Å². The van der Waals surface area contributed by atoms with Gasteiger partial charge in [-0.05, 0) is 70.7 Å². The van der Waals surface area contributed by atoms with E-state index in [-0.39, 0.29) is 0 Å². The van der Waals surface area contributed by atoms with Crippen molar-refractivity contribution in [3.63, 3.8) is 0 Å². The largest absolute Gasteiger partial charge is 0.205 e. The monoisotopic (exact) mass is 437 g/mol. The van der Waals surface area contributed by atoms with E-state index in [0.29, 0.717) is 11.5 Å². The molecule has 1 atom stereocenters. The van der Waals surface area contributed by atoms with Crippen molar-refractivity contribution < 1.29 is 8.78 Å². The molecule has 0 aliphatic heterocycles. The van der Waals surface area contributed by atoms with Crippen LogP contribution in [0.15, 0.2) is 91.0 Å². The Kier molecular flexibility index (Phi) is 6.95. The maximum Gasteiger partial charge on any atom is 0.144 e. The molecule has 1 nitrogen and oxygen atoms in total. The van der Waals surface area contributed by atoms with E-state index in [0.717, 1.165) is 30.4 Å². The van der Waals surface area contributed by atoms with Gasteiger partial charge in [0, 0.05) is 0 Å². The molecule has 33 heavy (non-hydrogen) atoms. The minimum atomic E-state index is -0.835. The van der Waals surface area contributed by atoms with Gasteiger partial charge in [0.2, 0.25) is 0 Å². The second kappa shape index (κ2) is 10.2. The van der Waals surface area contributed by atoms with Crippen LogP contribution in [-0.4, -0.2) is 0 Å². The lowest BCUT2D eigenvalue weighted by atomic mass is 9.93. The van der Waals surface area contributed by atoms with E-state index < -0.39 is 17.2 Å². The van der Waals surface area contributed by atoms with Gasteiger partial charge in [-0.2, -0.15) is 5.26 Å². The molecule has 3 heteroatoms. The molecule has 164 valence electrons. The molecular formula is C30H25F2N. The smallest absolute Gasteiger partial charge is 0.144 e. The van der Waals surface area contributed by atoms with Gasteiger partial charge in [-0.3, -0.25) is 0 Å². The van der Waals surface area contributed by atoms with Crippen LogP contribution in [0, 0.1) is 23.0 Å². The Morgan fingerprint density at radius 3 is 1.76 bits per heavy atom. The number of hydrogen-bond donors (Lipinski definition) is 0. The summed E-state index contributed by atoms with van der Waals surface area (Å²) in [5.74, 6) is -1.19. The third kappa shape index (κ3) is 5.54. The summed E-state index contributed by atoms with van der Waals surface area (Å²) in [5, 5.41) is 8.82. The normalized spacial score (nSPS) is 11.7. The van der Waals surface area contributed by atoms with Crippen molar-refractivity contribution >= 4 is 0 Å². The Labute approximate surface area is 194 Å². The second-order valence-corrected chi connectivity index (χ2v) is 8.46. The molecule has 0 aliphatic rings. The van der Waals surface area contributed by atoms with Crippen LogP contribution in [0.4, 0.5) is 8.78 Å². The standard InChI is InChI=1S/C30H25F2N/c1-21(25-5-3-2-4-6-25)17-24-11-9-22(10-12-24)7-8-23-13-15-26(16-14-23)27-18-29(31)28(20-33)30(32)19-27/h2-6,9-16,18-19,21H,7-8,17H2,1H3/t21-/m1/s1. The van der Waals surface area contributed by atoms with Crippen LogP contribution in [0.5, 0.6) is 0 Å². The Bertz CT molecular complexity index is 1230. The van der Waals surface area contributed by atoms with E-state index in [1.165, 1.54) is 28.8 Å². The summed E-state index contributed by atoms with van der Waals surface area (Å²) in [5.41, 5.74) is 5.74. The minimum absolute atomic E-state index is 0.427. The molecule has 4 rings (SSSR count). The topological polar surface area (TPSA) is 23.8 Å². The average Bonchev–Trinajstić information content (AvgIpc) is 2.84. The highest BCUT2D eigenvalue weighted by molar-refractivity contribution is 5.65. The summed E-state index contributed by atoms with van der Waals surface area (Å²) in [4.78, 5) is 0. The predicted octanol–water partition coefficient (Wildman–Crippen LogP) is 7.63. The first-order valence-corrected chi connectivity index (χ1v) is 11.1. The van der Waals surface area contributed by atoms with Crippen LogP contribution >= 0.6 is 0 Å². The maximum absolute atomic E-state index is 13.9. The third-order valence-electron chi connectivity index (χ3n) is 6.08. The molecule has 0 aromatic heterocycles. The van der Waals surface area contributed by atoms with E-state index in [4.69, 9.17) is 5.26 Å². The molecule has 4 aromatic rings. The zero-order chi connectivity index (χ0) is 23.2. The van der Waals surface area contributed by atoms with Crippen LogP contribution in [0.25, 0.3) is 11.1 Å². The van der Waals surface area contributed by atoms with Crippen LogP contribution < -0.4 is 0 Å². The quantitative estimate of drug-likeness (QED) is 0.291. The van der Waals surface area contributed by atoms with Gasteiger partial charge in [0.05, 0.1) is 0 Å². The summed E-state index contributed by atoms with van der Waals surface area (Å²) < 4.78 is 27.8. The fourth-order valence-electron chi connectivity index (χ4n) is 4.09. The molecule has 0 amide bonds. The zero-order valence-electron chi connectivity index (χ0n) is 18.6. The van der Waals surface area contributed by atoms with E-state index >= 15 is 0 Å². The Hall–Kier alpha value is -3.77. The SMILES string of the molecule is C[C@H](Cc1ccc(CCc2ccc(-c3cc(F)c(C#N)c(F)c3)cc2)cc1)c1ccccc1. The third-order valence-corrected chi connectivity index (χ3v) is 6.08. The Morgan fingerprint density at radius 1 is 0.697 bits per heavy atom. The highest BCUT2D eigenvalue weighted by atomic mass is 19.1. The van der Waals surface area contributed by atoms with Gasteiger partial charge in [0.1, 0.15) is 23.3 Å². The van der Waals surface area contributed by atoms with E-state index in [2.05, 4.69) is 55.5 Å². The molecule has 4 aromatic carbocycles. The summed E-state index contributed by atoms with van der Waals surface area (Å²) in [6, 6.07) is 31.1. The predicted molar refractivity (Wildman–Crippen MR) is 129 cm³/mol. The molecule has 0 aliphatic carbocycles. The molecule has 0 bridgehead atoms. The molecule has 0 fully saturated rings. The van der Waals surface area contributed by atoms with Crippen molar-refractivity contribution in [3.05, 3.63) is 130 Å². The van der Waals surface area contributed by atoms with Gasteiger partial charge in [-0.15, -0.1) is 0 Å². The van der Waals surface area contributed by atoms with Gasteiger partial charge < -0.3 is 0 Å². The van der Waals surface area contributed by atoms with Gasteiger partial charge in [-0.1, -0.05) is 85.8 Å². The molecule has 0 saturated heterocycles. The average molecular weight is 438 g/mol. The number of nitrogens with zero attached hydrogens (tertiary/aromatic N) is 1. The lowest BCUT2D eigenvalue weighted by Gasteiger charge is -2.12. The lowest BCUT2D eigenvalue weighted by molar-refractivity contribution is 0.577. The van der Waals surface area contributed by atoms with Crippen LogP contribution in [0.2, 0.25) is 0 Å². The van der Waals surface area contributed by atoms with Crippen molar-refractivity contribution in [2.75, 3.05) is 0 Å². The van der Waals surface area contributed by atoms with Crippen molar-refractivity contribution in [3.8, 4) is 17.2 Å². The number of hydrogen-bond acceptors (Lipinski definition) is 1. The first kappa shape index (κ1) is 22.4. The van der Waals surface area contributed by atoms with Gasteiger partial charge in [-0.25, -0.2) is 8.78 Å². The van der Waals surface area contributed by atoms with E-state index in [9.17, 15) is 8.78 Å². The van der Waals surface area contributed by atoms with Crippen molar-refractivity contribution in [2.24, 2.45) is 0 Å². The first-order valence-electron chi connectivity index (χ1n) is 11.1. The summed E-state index contributed by atoms with van der Waals surface area (Å²) in [6.45, 7) is 2.26. The van der Waals surface area contributed by atoms with Crippen LogP contribution in [-0.2, 0) is 19.3 Å². The number of benzene rings is 4. The first-order chi connectivity index (χ1) is 16.0. The highest BCUT2D eigenvalue weighted by Crippen LogP contribution is 2.25. The number of halogens is 2. The fourth-order valence-corrected chi connectivity index (χ4v) is 4.09. The van der Waals surface area contributed by atoms with Gasteiger partial charge >= 0.3 is 0 Å². The highest BCUT2D eigenvalue weighted by Gasteiger charge is 2.12. The Morgan fingerprint density at radius 2 is 1.21 bits per heavy atom. The molecule has 0 saturated carbocycles. The second-order valence-electron chi connectivity index (χ2n) is 8.46. The molecular weight excluding hydrogens is 412 g/mol. The Balaban J connectivity index is 1.35. The molecule has 0 heterocycles. The fraction of sp³-hybridized carbons (Fsp3) is 0.167. The van der Waals surface area contributed by atoms with E-state index in [1.807, 2.05) is 30.3 Å². The van der Waals surface area contributed by atoms with Crippen LogP contribution in [0.1, 0.15) is 40.7 Å². The van der Waals surface area contributed by atoms with Gasteiger partial charge in [0.25, 0.3) is 0 Å². The lowest BCUT2D eigenvalue weighted by Crippen LogP contribution is -1.99. The maximum atomic E-state index is 13.9. The molecule has 0 N–H and O–H groups in total. The molecule has 0 radical (unpaired) electrons. The number of aryl methyl sites for hydroxylation is 2. The summed E-state index contributed by atoms with van der Waals surface area (Å²) >= 11 is 0. The van der Waals surface area contributed by atoms with E-state index in [1.54, 1.807) is 6.07 Å². The van der Waals surface area contributed by atoms with Crippen molar-refractivity contribution in [1.82, 2.24) is 0 Å². The number of rotatable bonds is 7. The zero-order valence-corrected chi connectivity index (χ0v) is 18.6. The van der Waals surface area contributed by atoms with Gasteiger partial charge in [0.15, 0.2) is 0 Å². The minimum Gasteiger partial charge on any atom is -0.205 e. The van der Waals surface area contributed by atoms with Crippen molar-refractivity contribution in [2.45, 2.75) is 32.1 Å². The number of nitriles is 1. The summed E-state index contributed by atoms with van der Waals surface area (Å²) in [7, 11) is 0. The molecule has 0 spiro atoms. The van der Waals surface area contributed by atoms with Crippen molar-refractivity contribution in [1.29, 1.82) is 5.26 Å².